The molecule has 17 heavy (non-hydrogen) atoms. The average molecular weight is 242 g/mol. The van der Waals surface area contributed by atoms with Crippen molar-refractivity contribution in [3.63, 3.8) is 0 Å². The molecule has 98 valence electrons. The highest BCUT2D eigenvalue weighted by molar-refractivity contribution is 5.69. The molecular formula is C12H22N2O3. The lowest BCUT2D eigenvalue weighted by Crippen LogP contribution is -2.49. The summed E-state index contributed by atoms with van der Waals surface area (Å²) in [5.41, 5.74) is 0. The summed E-state index contributed by atoms with van der Waals surface area (Å²) in [4.78, 5) is 15.0. The van der Waals surface area contributed by atoms with Crippen molar-refractivity contribution in [3.05, 3.63) is 0 Å². The van der Waals surface area contributed by atoms with E-state index in [2.05, 4.69) is 11.8 Å². The summed E-state index contributed by atoms with van der Waals surface area (Å²) < 4.78 is 5.81. The number of nitrogens with zero attached hydrogens (tertiary/aromatic N) is 2. The number of carboxylic acids is 1. The maximum absolute atomic E-state index is 10.6. The molecule has 0 spiro atoms. The molecule has 2 aliphatic rings. The van der Waals surface area contributed by atoms with E-state index in [9.17, 15) is 4.79 Å². The molecule has 0 amide bonds. The van der Waals surface area contributed by atoms with Gasteiger partial charge in [0.15, 0.2) is 0 Å². The first-order chi connectivity index (χ1) is 8.13. The minimum Gasteiger partial charge on any atom is -0.480 e. The standard InChI is InChI=1S/C12H22N2O3/c1-10-2-3-11(17-10)8-13-4-6-14(7-5-13)9-12(15)16/h10-11H,2-9H2,1H3,(H,15,16). The molecule has 0 aromatic carbocycles. The molecule has 5 heteroatoms. The zero-order valence-electron chi connectivity index (χ0n) is 10.5. The largest absolute Gasteiger partial charge is 0.480 e. The van der Waals surface area contributed by atoms with Gasteiger partial charge in [0.05, 0.1) is 18.8 Å². The van der Waals surface area contributed by atoms with Crippen LogP contribution in [0.1, 0.15) is 19.8 Å². The monoisotopic (exact) mass is 242 g/mol. The van der Waals surface area contributed by atoms with Crippen LogP contribution in [0.15, 0.2) is 0 Å². The maximum atomic E-state index is 10.6. The quantitative estimate of drug-likeness (QED) is 0.766. The predicted octanol–water partition coefficient (Wildman–Crippen LogP) is 0.256. The SMILES string of the molecule is CC1CCC(CN2CCN(CC(=O)O)CC2)O1. The van der Waals surface area contributed by atoms with Crippen molar-refractivity contribution in [1.82, 2.24) is 9.80 Å². The van der Waals surface area contributed by atoms with Crippen molar-refractivity contribution in [1.29, 1.82) is 0 Å². The molecule has 2 fully saturated rings. The summed E-state index contributed by atoms with van der Waals surface area (Å²) in [6, 6.07) is 0. The van der Waals surface area contributed by atoms with Crippen LogP contribution >= 0.6 is 0 Å². The molecule has 2 heterocycles. The lowest BCUT2D eigenvalue weighted by atomic mass is 10.2. The minimum atomic E-state index is -0.730. The van der Waals surface area contributed by atoms with Gasteiger partial charge < -0.3 is 9.84 Å². The van der Waals surface area contributed by atoms with Crippen molar-refractivity contribution in [3.8, 4) is 0 Å². The van der Waals surface area contributed by atoms with Crippen LogP contribution in [0.4, 0.5) is 0 Å². The molecule has 2 saturated heterocycles. The zero-order valence-corrected chi connectivity index (χ0v) is 10.5. The Bertz CT molecular complexity index is 264. The van der Waals surface area contributed by atoms with Gasteiger partial charge in [-0.2, -0.15) is 0 Å². The molecule has 5 nitrogen and oxygen atoms in total. The molecule has 2 rings (SSSR count). The number of aliphatic carboxylic acids is 1. The van der Waals surface area contributed by atoms with Crippen LogP contribution in [0, 0.1) is 0 Å². The van der Waals surface area contributed by atoms with Gasteiger partial charge in [0, 0.05) is 32.7 Å². The van der Waals surface area contributed by atoms with Crippen LogP contribution in [0.25, 0.3) is 0 Å². The number of rotatable bonds is 4. The molecular weight excluding hydrogens is 220 g/mol. The van der Waals surface area contributed by atoms with Crippen LogP contribution in [-0.2, 0) is 9.53 Å². The smallest absolute Gasteiger partial charge is 0.317 e. The Balaban J connectivity index is 1.67. The van der Waals surface area contributed by atoms with Crippen LogP contribution in [0.3, 0.4) is 0 Å². The molecule has 0 radical (unpaired) electrons. The van der Waals surface area contributed by atoms with Gasteiger partial charge in [0.1, 0.15) is 0 Å². The van der Waals surface area contributed by atoms with Crippen molar-refractivity contribution < 1.29 is 14.6 Å². The molecule has 0 bridgehead atoms. The Hall–Kier alpha value is -0.650. The maximum Gasteiger partial charge on any atom is 0.317 e. The molecule has 0 saturated carbocycles. The normalized spacial score (nSPS) is 31.8. The van der Waals surface area contributed by atoms with Crippen LogP contribution in [-0.4, -0.2) is 72.4 Å². The summed E-state index contributed by atoms with van der Waals surface area (Å²) >= 11 is 0. The van der Waals surface area contributed by atoms with Crippen molar-refractivity contribution in [2.75, 3.05) is 39.3 Å². The van der Waals surface area contributed by atoms with Gasteiger partial charge in [-0.3, -0.25) is 14.6 Å². The summed E-state index contributed by atoms with van der Waals surface area (Å²) in [6.07, 6.45) is 3.13. The van der Waals surface area contributed by atoms with E-state index < -0.39 is 5.97 Å². The minimum absolute atomic E-state index is 0.171. The van der Waals surface area contributed by atoms with E-state index in [4.69, 9.17) is 9.84 Å². The number of ether oxygens (including phenoxy) is 1. The average Bonchev–Trinajstić information content (AvgIpc) is 2.66. The number of carbonyl (C=O) groups is 1. The summed E-state index contributed by atoms with van der Waals surface area (Å²) in [5, 5.41) is 8.72. The van der Waals surface area contributed by atoms with Gasteiger partial charge in [-0.05, 0) is 19.8 Å². The van der Waals surface area contributed by atoms with E-state index in [1.807, 2.05) is 4.90 Å². The highest BCUT2D eigenvalue weighted by atomic mass is 16.5. The first kappa shape index (κ1) is 12.8. The van der Waals surface area contributed by atoms with Crippen molar-refractivity contribution in [2.45, 2.75) is 32.0 Å². The van der Waals surface area contributed by atoms with Crippen molar-refractivity contribution >= 4 is 5.97 Å². The summed E-state index contributed by atoms with van der Waals surface area (Å²) in [7, 11) is 0. The molecule has 0 aromatic heterocycles. The fourth-order valence-corrected chi connectivity index (χ4v) is 2.63. The van der Waals surface area contributed by atoms with E-state index in [0.29, 0.717) is 12.2 Å². The van der Waals surface area contributed by atoms with E-state index in [1.165, 1.54) is 6.42 Å². The molecule has 2 atom stereocenters. The van der Waals surface area contributed by atoms with Gasteiger partial charge >= 0.3 is 5.97 Å². The highest BCUT2D eigenvalue weighted by Gasteiger charge is 2.26. The Morgan fingerprint density at radius 2 is 1.88 bits per heavy atom. The van der Waals surface area contributed by atoms with Crippen LogP contribution in [0.2, 0.25) is 0 Å². The first-order valence-electron chi connectivity index (χ1n) is 6.45. The predicted molar refractivity (Wildman–Crippen MR) is 64.1 cm³/mol. The fraction of sp³-hybridized carbons (Fsp3) is 0.917. The lowest BCUT2D eigenvalue weighted by Gasteiger charge is -2.34. The number of piperazine rings is 1. The third-order valence-electron chi connectivity index (χ3n) is 3.61. The van der Waals surface area contributed by atoms with E-state index in [0.717, 1.165) is 39.1 Å². The van der Waals surface area contributed by atoms with E-state index >= 15 is 0 Å². The number of hydrogen-bond donors (Lipinski definition) is 1. The second-order valence-corrected chi connectivity index (χ2v) is 5.12. The number of hydrogen-bond acceptors (Lipinski definition) is 4. The second kappa shape index (κ2) is 5.80. The fourth-order valence-electron chi connectivity index (χ4n) is 2.63. The van der Waals surface area contributed by atoms with Gasteiger partial charge in [0.2, 0.25) is 0 Å². The Morgan fingerprint density at radius 3 is 2.41 bits per heavy atom. The molecule has 1 N–H and O–H groups in total. The topological polar surface area (TPSA) is 53.0 Å². The summed E-state index contributed by atoms with van der Waals surface area (Å²) in [6.45, 7) is 6.94. The second-order valence-electron chi connectivity index (χ2n) is 5.12. The lowest BCUT2D eigenvalue weighted by molar-refractivity contribution is -0.138. The highest BCUT2D eigenvalue weighted by Crippen LogP contribution is 2.20. The summed E-state index contributed by atoms with van der Waals surface area (Å²) in [5.74, 6) is -0.730. The molecule has 2 unspecified atom stereocenters. The molecule has 2 aliphatic heterocycles. The molecule has 0 aliphatic carbocycles. The Morgan fingerprint density at radius 1 is 1.24 bits per heavy atom. The molecule has 0 aromatic rings. The van der Waals surface area contributed by atoms with E-state index in [-0.39, 0.29) is 6.54 Å². The van der Waals surface area contributed by atoms with Crippen LogP contribution < -0.4 is 0 Å². The van der Waals surface area contributed by atoms with Gasteiger partial charge in [-0.15, -0.1) is 0 Å². The van der Waals surface area contributed by atoms with Gasteiger partial charge in [-0.1, -0.05) is 0 Å². The van der Waals surface area contributed by atoms with E-state index in [1.54, 1.807) is 0 Å². The first-order valence-corrected chi connectivity index (χ1v) is 6.45. The van der Waals surface area contributed by atoms with Gasteiger partial charge in [-0.25, -0.2) is 0 Å². The zero-order chi connectivity index (χ0) is 12.3. The van der Waals surface area contributed by atoms with Crippen LogP contribution in [0.5, 0.6) is 0 Å². The Kier molecular flexibility index (Phi) is 4.36. The van der Waals surface area contributed by atoms with Crippen molar-refractivity contribution in [2.24, 2.45) is 0 Å². The third kappa shape index (κ3) is 3.94. The van der Waals surface area contributed by atoms with Gasteiger partial charge in [0.25, 0.3) is 0 Å². The Labute approximate surface area is 102 Å². The number of carboxylic acid groups (broad SMARTS) is 1. The third-order valence-corrected chi connectivity index (χ3v) is 3.61.